The maximum atomic E-state index is 11.7. The van der Waals surface area contributed by atoms with E-state index in [2.05, 4.69) is 10.6 Å². The van der Waals surface area contributed by atoms with Crippen LogP contribution in [0.3, 0.4) is 0 Å². The molecule has 2 N–H and O–H groups in total. The van der Waals surface area contributed by atoms with Crippen molar-refractivity contribution in [1.82, 2.24) is 15.5 Å². The van der Waals surface area contributed by atoms with E-state index in [9.17, 15) is 9.59 Å². The van der Waals surface area contributed by atoms with Crippen molar-refractivity contribution in [3.05, 3.63) is 24.2 Å². The lowest BCUT2D eigenvalue weighted by molar-refractivity contribution is 0.0839. The first-order valence-corrected chi connectivity index (χ1v) is 5.61. The van der Waals surface area contributed by atoms with Crippen LogP contribution in [0.15, 0.2) is 22.8 Å². The van der Waals surface area contributed by atoms with Gasteiger partial charge in [0.2, 0.25) is 0 Å². The fourth-order valence-electron chi connectivity index (χ4n) is 1.72. The number of amides is 4. The van der Waals surface area contributed by atoms with Crippen molar-refractivity contribution < 1.29 is 18.7 Å². The summed E-state index contributed by atoms with van der Waals surface area (Å²) in [4.78, 5) is 24.1. The second-order valence-corrected chi connectivity index (χ2v) is 3.81. The van der Waals surface area contributed by atoms with E-state index in [1.165, 1.54) is 13.4 Å². The number of carbonyl (C=O) groups is 2. The van der Waals surface area contributed by atoms with E-state index < -0.39 is 6.03 Å². The number of hydrogen-bond donors (Lipinski definition) is 2. The fourth-order valence-corrected chi connectivity index (χ4v) is 1.72. The Bertz CT molecular complexity index is 418. The molecule has 0 saturated carbocycles. The van der Waals surface area contributed by atoms with Crippen LogP contribution in [0, 0.1) is 0 Å². The van der Waals surface area contributed by atoms with E-state index in [4.69, 9.17) is 9.15 Å². The molecule has 0 unspecified atom stereocenters. The summed E-state index contributed by atoms with van der Waals surface area (Å²) in [7, 11) is 1.53. The second-order valence-electron chi connectivity index (χ2n) is 3.81. The average Bonchev–Trinajstić information content (AvgIpc) is 3.01. The number of methoxy groups -OCH3 is 1. The highest BCUT2D eigenvalue weighted by Crippen LogP contribution is 2.15. The van der Waals surface area contributed by atoms with Gasteiger partial charge in [0.1, 0.15) is 11.9 Å². The molecule has 0 aromatic carbocycles. The summed E-state index contributed by atoms with van der Waals surface area (Å²) >= 11 is 0. The number of nitrogens with one attached hydrogen (secondary N) is 2. The number of rotatable bonds is 4. The van der Waals surface area contributed by atoms with Crippen LogP contribution in [0.25, 0.3) is 0 Å². The molecule has 2 rings (SSSR count). The molecule has 7 nitrogen and oxygen atoms in total. The Balaban J connectivity index is 1.86. The first kappa shape index (κ1) is 12.4. The summed E-state index contributed by atoms with van der Waals surface area (Å²) in [6.45, 7) is 1.10. The number of nitrogens with zero attached hydrogens (tertiary/aromatic N) is 1. The number of furan rings is 1. The predicted molar refractivity (Wildman–Crippen MR) is 62.0 cm³/mol. The van der Waals surface area contributed by atoms with Gasteiger partial charge in [-0.15, -0.1) is 0 Å². The molecule has 1 atom stereocenters. The minimum Gasteiger partial charge on any atom is -0.467 e. The predicted octanol–water partition coefficient (Wildman–Crippen LogP) is 0.702. The highest BCUT2D eigenvalue weighted by atomic mass is 16.5. The first-order chi connectivity index (χ1) is 8.72. The van der Waals surface area contributed by atoms with Crippen molar-refractivity contribution in [2.45, 2.75) is 6.10 Å². The number of carbonyl (C=O) groups excluding carboxylic acids is 2. The molecular weight excluding hydrogens is 238 g/mol. The van der Waals surface area contributed by atoms with E-state index in [0.717, 1.165) is 4.90 Å². The smallest absolute Gasteiger partial charge is 0.325 e. The molecule has 1 aromatic rings. The van der Waals surface area contributed by atoms with Crippen LogP contribution in [0.5, 0.6) is 0 Å². The van der Waals surface area contributed by atoms with Crippen LogP contribution in [-0.4, -0.2) is 43.7 Å². The molecule has 2 heterocycles. The number of urea groups is 2. The number of hydrogen-bond acceptors (Lipinski definition) is 4. The lowest BCUT2D eigenvalue weighted by Crippen LogP contribution is -2.43. The minimum atomic E-state index is -0.432. The summed E-state index contributed by atoms with van der Waals surface area (Å²) in [6.07, 6.45) is 1.17. The fraction of sp³-hybridized carbons (Fsp3) is 0.455. The Hall–Kier alpha value is -2.02. The van der Waals surface area contributed by atoms with Gasteiger partial charge in [-0.25, -0.2) is 14.5 Å². The standard InChI is InChI=1S/C11H15N3O4/c1-17-9(8-3-2-6-18-8)7-13-11(16)14-5-4-12-10(14)15/h2-3,6,9H,4-5,7H2,1H3,(H,12,15)(H,13,16)/t9-/m0/s1. The van der Waals surface area contributed by atoms with Gasteiger partial charge in [0.25, 0.3) is 0 Å². The maximum absolute atomic E-state index is 11.7. The van der Waals surface area contributed by atoms with Crippen molar-refractivity contribution >= 4 is 12.1 Å². The highest BCUT2D eigenvalue weighted by Gasteiger charge is 2.26. The zero-order chi connectivity index (χ0) is 13.0. The molecule has 1 aromatic heterocycles. The van der Waals surface area contributed by atoms with Crippen LogP contribution in [0.4, 0.5) is 9.59 Å². The Morgan fingerprint density at radius 2 is 2.56 bits per heavy atom. The minimum absolute atomic E-state index is 0.243. The molecule has 0 bridgehead atoms. The third kappa shape index (κ3) is 2.62. The van der Waals surface area contributed by atoms with E-state index in [1.807, 2.05) is 0 Å². The van der Waals surface area contributed by atoms with Crippen molar-refractivity contribution in [1.29, 1.82) is 0 Å². The lowest BCUT2D eigenvalue weighted by Gasteiger charge is -2.17. The van der Waals surface area contributed by atoms with Gasteiger partial charge in [-0.1, -0.05) is 0 Å². The largest absolute Gasteiger partial charge is 0.467 e. The third-order valence-corrected chi connectivity index (χ3v) is 2.69. The Labute approximate surface area is 104 Å². The number of ether oxygens (including phenoxy) is 1. The summed E-state index contributed by atoms with van der Waals surface area (Å²) in [5.74, 6) is 0.628. The molecule has 0 aliphatic carbocycles. The molecule has 7 heteroatoms. The van der Waals surface area contributed by atoms with Gasteiger partial charge in [-0.05, 0) is 12.1 Å². The van der Waals surface area contributed by atoms with Gasteiger partial charge in [-0.2, -0.15) is 0 Å². The van der Waals surface area contributed by atoms with Crippen LogP contribution in [0.2, 0.25) is 0 Å². The molecule has 18 heavy (non-hydrogen) atoms. The van der Waals surface area contributed by atoms with Crippen molar-refractivity contribution in [2.24, 2.45) is 0 Å². The molecule has 0 spiro atoms. The van der Waals surface area contributed by atoms with Gasteiger partial charge in [0.15, 0.2) is 0 Å². The van der Waals surface area contributed by atoms with Crippen LogP contribution in [-0.2, 0) is 4.74 Å². The van der Waals surface area contributed by atoms with Crippen LogP contribution < -0.4 is 10.6 Å². The van der Waals surface area contributed by atoms with Gasteiger partial charge >= 0.3 is 12.1 Å². The van der Waals surface area contributed by atoms with E-state index in [0.29, 0.717) is 18.8 Å². The second kappa shape index (κ2) is 5.54. The van der Waals surface area contributed by atoms with Gasteiger partial charge < -0.3 is 19.8 Å². The maximum Gasteiger partial charge on any atom is 0.325 e. The molecular formula is C11H15N3O4. The topological polar surface area (TPSA) is 83.8 Å². The molecule has 1 aliphatic heterocycles. The normalized spacial score (nSPS) is 16.5. The van der Waals surface area contributed by atoms with Crippen molar-refractivity contribution in [3.63, 3.8) is 0 Å². The molecule has 98 valence electrons. The van der Waals surface area contributed by atoms with Gasteiger partial charge in [0.05, 0.1) is 12.8 Å². The Kier molecular flexibility index (Phi) is 3.83. The summed E-state index contributed by atoms with van der Waals surface area (Å²) in [5, 5.41) is 5.19. The number of imide groups is 1. The van der Waals surface area contributed by atoms with Gasteiger partial charge in [0, 0.05) is 20.2 Å². The molecule has 1 aliphatic rings. The third-order valence-electron chi connectivity index (χ3n) is 2.69. The average molecular weight is 253 g/mol. The summed E-state index contributed by atoms with van der Waals surface area (Å²) in [5.41, 5.74) is 0. The molecule has 4 amide bonds. The SMILES string of the molecule is CO[C@@H](CNC(=O)N1CCNC1=O)c1ccco1. The monoisotopic (exact) mass is 253 g/mol. The van der Waals surface area contributed by atoms with E-state index in [-0.39, 0.29) is 18.7 Å². The quantitative estimate of drug-likeness (QED) is 0.827. The summed E-state index contributed by atoms with van der Waals surface area (Å²) in [6, 6.07) is 2.71. The Morgan fingerprint density at radius 3 is 3.11 bits per heavy atom. The van der Waals surface area contributed by atoms with Crippen molar-refractivity contribution in [3.8, 4) is 0 Å². The lowest BCUT2D eigenvalue weighted by atomic mass is 10.3. The van der Waals surface area contributed by atoms with Crippen LogP contribution >= 0.6 is 0 Å². The molecule has 0 radical (unpaired) electrons. The van der Waals surface area contributed by atoms with Gasteiger partial charge in [-0.3, -0.25) is 0 Å². The first-order valence-electron chi connectivity index (χ1n) is 5.61. The molecule has 1 fully saturated rings. The molecule has 1 saturated heterocycles. The van der Waals surface area contributed by atoms with E-state index in [1.54, 1.807) is 12.1 Å². The van der Waals surface area contributed by atoms with E-state index >= 15 is 0 Å². The van der Waals surface area contributed by atoms with Crippen molar-refractivity contribution in [2.75, 3.05) is 26.7 Å². The highest BCUT2D eigenvalue weighted by molar-refractivity contribution is 5.94. The summed E-state index contributed by atoms with van der Waals surface area (Å²) < 4.78 is 10.4. The van der Waals surface area contributed by atoms with Crippen LogP contribution in [0.1, 0.15) is 11.9 Å². The zero-order valence-corrected chi connectivity index (χ0v) is 10.0. The zero-order valence-electron chi connectivity index (χ0n) is 10.0. The Morgan fingerprint density at radius 1 is 1.72 bits per heavy atom.